The first-order valence-corrected chi connectivity index (χ1v) is 12.4. The number of hydrogen-bond donors (Lipinski definition) is 2. The SMILES string of the molecule is CCCCn1cnc(-c2ccccc2)c1Cc1cc(OC)ccc1CNCc1ccc(C(=O)O)cc1. The summed E-state index contributed by atoms with van der Waals surface area (Å²) in [5.74, 6) is -0.0793. The quantitative estimate of drug-likeness (QED) is 0.261. The van der Waals surface area contributed by atoms with Gasteiger partial charge in [0.25, 0.3) is 0 Å². The lowest BCUT2D eigenvalue weighted by Gasteiger charge is -2.15. The van der Waals surface area contributed by atoms with Gasteiger partial charge in [0.2, 0.25) is 0 Å². The van der Waals surface area contributed by atoms with E-state index in [1.54, 1.807) is 19.2 Å². The molecule has 36 heavy (non-hydrogen) atoms. The van der Waals surface area contributed by atoms with Crippen LogP contribution in [0.5, 0.6) is 5.75 Å². The Labute approximate surface area is 212 Å². The van der Waals surface area contributed by atoms with E-state index in [2.05, 4.69) is 41.1 Å². The van der Waals surface area contributed by atoms with E-state index >= 15 is 0 Å². The maximum Gasteiger partial charge on any atom is 0.335 e. The molecule has 0 aliphatic carbocycles. The molecular formula is C30H33N3O3. The number of aromatic carboxylic acids is 1. The maximum atomic E-state index is 11.1. The summed E-state index contributed by atoms with van der Waals surface area (Å²) >= 11 is 0. The first-order valence-electron chi connectivity index (χ1n) is 12.4. The van der Waals surface area contributed by atoms with E-state index in [4.69, 9.17) is 14.8 Å². The molecule has 6 heteroatoms. The monoisotopic (exact) mass is 483 g/mol. The molecule has 0 aliphatic rings. The zero-order chi connectivity index (χ0) is 25.3. The topological polar surface area (TPSA) is 76.4 Å². The van der Waals surface area contributed by atoms with Gasteiger partial charge in [-0.05, 0) is 47.4 Å². The van der Waals surface area contributed by atoms with Gasteiger partial charge in [0.1, 0.15) is 5.75 Å². The molecular weight excluding hydrogens is 450 g/mol. The molecule has 0 aliphatic heterocycles. The van der Waals surface area contributed by atoms with Crippen LogP contribution < -0.4 is 10.1 Å². The van der Waals surface area contributed by atoms with Crippen molar-refractivity contribution in [1.29, 1.82) is 0 Å². The first kappa shape index (κ1) is 25.2. The predicted molar refractivity (Wildman–Crippen MR) is 142 cm³/mol. The summed E-state index contributed by atoms with van der Waals surface area (Å²) in [5.41, 5.74) is 7.07. The Hall–Kier alpha value is -3.90. The third-order valence-corrected chi connectivity index (χ3v) is 6.36. The van der Waals surface area contributed by atoms with Crippen LogP contribution in [-0.4, -0.2) is 27.7 Å². The summed E-state index contributed by atoms with van der Waals surface area (Å²) in [6, 6.07) is 23.6. The Bertz CT molecular complexity index is 1280. The van der Waals surface area contributed by atoms with Gasteiger partial charge in [-0.15, -0.1) is 0 Å². The molecule has 1 heterocycles. The standard InChI is InChI=1S/C30H33N3O3/c1-3-4-16-33-21-32-29(23-8-6-5-7-9-23)28(33)18-26-17-27(36-2)15-14-25(26)20-31-19-22-10-12-24(13-11-22)30(34)35/h5-15,17,21,31H,3-4,16,18-20H2,1-2H3,(H,34,35). The Morgan fingerprint density at radius 3 is 2.47 bits per heavy atom. The minimum atomic E-state index is -0.912. The number of methoxy groups -OCH3 is 1. The van der Waals surface area contributed by atoms with Crippen LogP contribution in [0.1, 0.15) is 52.5 Å². The summed E-state index contributed by atoms with van der Waals surface area (Å²) in [6.45, 7) is 4.48. The smallest absolute Gasteiger partial charge is 0.335 e. The molecule has 0 saturated carbocycles. The highest BCUT2D eigenvalue weighted by molar-refractivity contribution is 5.87. The zero-order valence-corrected chi connectivity index (χ0v) is 20.9. The molecule has 0 atom stereocenters. The molecule has 0 saturated heterocycles. The summed E-state index contributed by atoms with van der Waals surface area (Å²) < 4.78 is 7.84. The van der Waals surface area contributed by atoms with Crippen molar-refractivity contribution in [2.24, 2.45) is 0 Å². The van der Waals surface area contributed by atoms with Crippen molar-refractivity contribution < 1.29 is 14.6 Å². The van der Waals surface area contributed by atoms with Gasteiger partial charge in [0.15, 0.2) is 0 Å². The largest absolute Gasteiger partial charge is 0.497 e. The van der Waals surface area contributed by atoms with Crippen LogP contribution in [0.25, 0.3) is 11.3 Å². The normalized spacial score (nSPS) is 10.9. The Balaban J connectivity index is 1.57. The molecule has 4 rings (SSSR count). The van der Waals surface area contributed by atoms with Gasteiger partial charge < -0.3 is 19.7 Å². The number of benzene rings is 3. The van der Waals surface area contributed by atoms with Crippen LogP contribution in [-0.2, 0) is 26.1 Å². The first-order chi connectivity index (χ1) is 17.6. The van der Waals surface area contributed by atoms with Gasteiger partial charge in [-0.25, -0.2) is 9.78 Å². The van der Waals surface area contributed by atoms with E-state index < -0.39 is 5.97 Å². The van der Waals surface area contributed by atoms with Gasteiger partial charge >= 0.3 is 5.97 Å². The van der Waals surface area contributed by atoms with Crippen molar-refractivity contribution in [1.82, 2.24) is 14.9 Å². The fraction of sp³-hybridized carbons (Fsp3) is 0.267. The summed E-state index contributed by atoms with van der Waals surface area (Å²) in [5, 5.41) is 12.6. The molecule has 186 valence electrons. The average Bonchev–Trinajstić information content (AvgIpc) is 3.31. The number of carboxylic acids is 1. The summed E-state index contributed by atoms with van der Waals surface area (Å²) in [7, 11) is 1.69. The van der Waals surface area contributed by atoms with Gasteiger partial charge in [-0.2, -0.15) is 0 Å². The second-order valence-corrected chi connectivity index (χ2v) is 8.87. The minimum absolute atomic E-state index is 0.296. The minimum Gasteiger partial charge on any atom is -0.497 e. The molecule has 0 amide bonds. The van der Waals surface area contributed by atoms with Crippen molar-refractivity contribution in [3.05, 3.63) is 107 Å². The number of rotatable bonds is 12. The van der Waals surface area contributed by atoms with Gasteiger partial charge in [0.05, 0.1) is 24.7 Å². The van der Waals surface area contributed by atoms with Gasteiger partial charge in [0, 0.05) is 37.3 Å². The highest BCUT2D eigenvalue weighted by Crippen LogP contribution is 2.28. The number of aromatic nitrogens is 2. The maximum absolute atomic E-state index is 11.1. The van der Waals surface area contributed by atoms with E-state index in [9.17, 15) is 4.79 Å². The van der Waals surface area contributed by atoms with Crippen LogP contribution in [0.4, 0.5) is 0 Å². The molecule has 2 N–H and O–H groups in total. The third-order valence-electron chi connectivity index (χ3n) is 6.36. The number of ether oxygens (including phenoxy) is 1. The average molecular weight is 484 g/mol. The van der Waals surface area contributed by atoms with E-state index in [0.717, 1.165) is 48.4 Å². The summed E-state index contributed by atoms with van der Waals surface area (Å²) in [4.78, 5) is 15.9. The van der Waals surface area contributed by atoms with E-state index in [1.165, 1.54) is 16.8 Å². The number of carboxylic acid groups (broad SMARTS) is 1. The number of imidazole rings is 1. The van der Waals surface area contributed by atoms with Crippen molar-refractivity contribution >= 4 is 5.97 Å². The molecule has 0 unspecified atom stereocenters. The van der Waals surface area contributed by atoms with Crippen molar-refractivity contribution in [2.75, 3.05) is 7.11 Å². The van der Waals surface area contributed by atoms with Crippen LogP contribution in [0.3, 0.4) is 0 Å². The fourth-order valence-electron chi connectivity index (χ4n) is 4.30. The Morgan fingerprint density at radius 2 is 1.78 bits per heavy atom. The number of hydrogen-bond acceptors (Lipinski definition) is 4. The van der Waals surface area contributed by atoms with E-state index in [1.807, 2.05) is 42.7 Å². The van der Waals surface area contributed by atoms with E-state index in [-0.39, 0.29) is 0 Å². The number of unbranched alkanes of at least 4 members (excludes halogenated alkanes) is 1. The molecule has 3 aromatic carbocycles. The molecule has 1 aromatic heterocycles. The highest BCUT2D eigenvalue weighted by atomic mass is 16.5. The van der Waals surface area contributed by atoms with Crippen LogP contribution >= 0.6 is 0 Å². The second kappa shape index (κ2) is 12.2. The van der Waals surface area contributed by atoms with Crippen molar-refractivity contribution in [3.8, 4) is 17.0 Å². The number of carbonyl (C=O) groups is 1. The predicted octanol–water partition coefficient (Wildman–Crippen LogP) is 5.94. The Morgan fingerprint density at radius 1 is 1.00 bits per heavy atom. The highest BCUT2D eigenvalue weighted by Gasteiger charge is 2.16. The third kappa shape index (κ3) is 6.20. The van der Waals surface area contributed by atoms with Crippen LogP contribution in [0.2, 0.25) is 0 Å². The lowest BCUT2D eigenvalue weighted by molar-refractivity contribution is 0.0697. The van der Waals surface area contributed by atoms with Gasteiger partial charge in [-0.3, -0.25) is 0 Å². The van der Waals surface area contributed by atoms with Crippen molar-refractivity contribution in [3.63, 3.8) is 0 Å². The van der Waals surface area contributed by atoms with Crippen LogP contribution in [0.15, 0.2) is 79.1 Å². The van der Waals surface area contributed by atoms with Crippen molar-refractivity contribution in [2.45, 2.75) is 45.8 Å². The number of nitrogens with zero attached hydrogens (tertiary/aromatic N) is 2. The number of nitrogens with one attached hydrogen (secondary N) is 1. The zero-order valence-electron chi connectivity index (χ0n) is 20.9. The lowest BCUT2D eigenvalue weighted by Crippen LogP contribution is -2.15. The number of aryl methyl sites for hydroxylation is 1. The molecule has 4 aromatic rings. The fourth-order valence-corrected chi connectivity index (χ4v) is 4.30. The molecule has 0 spiro atoms. The van der Waals surface area contributed by atoms with Gasteiger partial charge in [-0.1, -0.05) is 61.9 Å². The lowest BCUT2D eigenvalue weighted by atomic mass is 9.99. The Kier molecular flexibility index (Phi) is 8.53. The molecule has 0 bridgehead atoms. The summed E-state index contributed by atoms with van der Waals surface area (Å²) in [6.07, 6.45) is 4.94. The molecule has 6 nitrogen and oxygen atoms in total. The molecule has 0 radical (unpaired) electrons. The molecule has 0 fully saturated rings. The van der Waals surface area contributed by atoms with Crippen LogP contribution in [0, 0.1) is 0 Å². The second-order valence-electron chi connectivity index (χ2n) is 8.87. The van der Waals surface area contributed by atoms with E-state index in [0.29, 0.717) is 18.7 Å².